The number of hydrogen-bond acceptors (Lipinski definition) is 7. The van der Waals surface area contributed by atoms with Crippen molar-refractivity contribution < 1.29 is 18.8 Å². The van der Waals surface area contributed by atoms with Gasteiger partial charge < -0.3 is 19.5 Å². The number of fused-ring (bicyclic) bond motifs is 1. The SMILES string of the molecule is COC(=O)N1CCC[C@H](c2nc(-c3ccc(C)c(NC(=O)c4cnc5ccccn45)c3)no2)C1. The van der Waals surface area contributed by atoms with E-state index in [1.165, 1.54) is 7.11 Å². The Hall–Kier alpha value is -4.21. The molecule has 174 valence electrons. The number of amides is 2. The zero-order valence-electron chi connectivity index (χ0n) is 18.9. The minimum Gasteiger partial charge on any atom is -0.453 e. The Kier molecular flexibility index (Phi) is 5.70. The molecule has 0 unspecified atom stereocenters. The molecule has 1 fully saturated rings. The van der Waals surface area contributed by atoms with Gasteiger partial charge in [0.15, 0.2) is 0 Å². The first-order chi connectivity index (χ1) is 16.5. The average molecular weight is 460 g/mol. The second-order valence-electron chi connectivity index (χ2n) is 8.27. The standard InChI is InChI=1S/C24H24N6O4/c1-15-8-9-16(12-18(15)26-22(31)19-13-25-20-7-3-4-11-30(19)20)21-27-23(34-28-21)17-6-5-10-29(14-17)24(32)33-2/h3-4,7-9,11-13,17H,5-6,10,14H2,1-2H3,(H,26,31)/t17-/m0/s1. The highest BCUT2D eigenvalue weighted by Gasteiger charge is 2.29. The third-order valence-corrected chi connectivity index (χ3v) is 6.04. The van der Waals surface area contributed by atoms with Crippen LogP contribution in [0, 0.1) is 6.92 Å². The van der Waals surface area contributed by atoms with Crippen LogP contribution in [0.1, 0.15) is 40.7 Å². The van der Waals surface area contributed by atoms with E-state index in [4.69, 9.17) is 9.26 Å². The molecule has 0 bridgehead atoms. The number of aryl methyl sites for hydroxylation is 1. The number of benzene rings is 1. The summed E-state index contributed by atoms with van der Waals surface area (Å²) in [6, 6.07) is 11.2. The molecular weight excluding hydrogens is 436 g/mol. The number of likely N-dealkylation sites (tertiary alicyclic amines) is 1. The number of rotatable bonds is 4. The van der Waals surface area contributed by atoms with Crippen molar-refractivity contribution in [2.24, 2.45) is 0 Å². The number of nitrogens with one attached hydrogen (secondary N) is 1. The molecule has 34 heavy (non-hydrogen) atoms. The molecule has 4 aromatic rings. The second-order valence-corrected chi connectivity index (χ2v) is 8.27. The van der Waals surface area contributed by atoms with E-state index in [-0.39, 0.29) is 17.9 Å². The minimum atomic E-state index is -0.352. The van der Waals surface area contributed by atoms with Crippen molar-refractivity contribution in [1.82, 2.24) is 24.4 Å². The lowest BCUT2D eigenvalue weighted by molar-refractivity contribution is 0.102. The topological polar surface area (TPSA) is 115 Å². The van der Waals surface area contributed by atoms with Crippen LogP contribution in [-0.2, 0) is 4.74 Å². The van der Waals surface area contributed by atoms with Crippen LogP contribution in [0.4, 0.5) is 10.5 Å². The second kappa shape index (κ2) is 8.97. The quantitative estimate of drug-likeness (QED) is 0.491. The van der Waals surface area contributed by atoms with Crippen molar-refractivity contribution in [2.75, 3.05) is 25.5 Å². The molecule has 1 aliphatic heterocycles. The first-order valence-electron chi connectivity index (χ1n) is 11.0. The third kappa shape index (κ3) is 4.09. The normalized spacial score (nSPS) is 15.9. The maximum absolute atomic E-state index is 12.9. The highest BCUT2D eigenvalue weighted by molar-refractivity contribution is 6.04. The fourth-order valence-corrected chi connectivity index (χ4v) is 4.17. The Morgan fingerprint density at radius 2 is 2.12 bits per heavy atom. The van der Waals surface area contributed by atoms with Crippen LogP contribution in [0.15, 0.2) is 53.3 Å². The summed E-state index contributed by atoms with van der Waals surface area (Å²) in [5.74, 6) is 0.600. The van der Waals surface area contributed by atoms with Crippen LogP contribution >= 0.6 is 0 Å². The van der Waals surface area contributed by atoms with Gasteiger partial charge in [-0.1, -0.05) is 23.4 Å². The number of hydrogen-bond donors (Lipinski definition) is 1. The summed E-state index contributed by atoms with van der Waals surface area (Å²) in [6.07, 6.45) is 4.69. The van der Waals surface area contributed by atoms with E-state index in [1.807, 2.05) is 43.3 Å². The number of nitrogens with zero attached hydrogens (tertiary/aromatic N) is 5. The summed E-state index contributed by atoms with van der Waals surface area (Å²) in [7, 11) is 1.37. The summed E-state index contributed by atoms with van der Waals surface area (Å²) < 4.78 is 12.1. The lowest BCUT2D eigenvalue weighted by Crippen LogP contribution is -2.39. The number of methoxy groups -OCH3 is 1. The molecule has 1 aliphatic rings. The molecular formula is C24H24N6O4. The molecule has 10 heteroatoms. The van der Waals surface area contributed by atoms with Crippen molar-refractivity contribution in [3.05, 3.63) is 65.9 Å². The van der Waals surface area contributed by atoms with Gasteiger partial charge >= 0.3 is 6.09 Å². The number of pyridine rings is 1. The van der Waals surface area contributed by atoms with Gasteiger partial charge in [0.05, 0.1) is 19.2 Å². The Morgan fingerprint density at radius 3 is 2.97 bits per heavy atom. The predicted molar refractivity (Wildman–Crippen MR) is 124 cm³/mol. The van der Waals surface area contributed by atoms with Crippen LogP contribution in [-0.4, -0.2) is 56.6 Å². The molecule has 2 amide bonds. The fraction of sp³-hybridized carbons (Fsp3) is 0.292. The first-order valence-corrected chi connectivity index (χ1v) is 11.0. The van der Waals surface area contributed by atoms with Gasteiger partial charge in [0.1, 0.15) is 11.3 Å². The maximum atomic E-state index is 12.9. The minimum absolute atomic E-state index is 0.0473. The fourth-order valence-electron chi connectivity index (χ4n) is 4.17. The molecule has 1 N–H and O–H groups in total. The smallest absolute Gasteiger partial charge is 0.409 e. The van der Waals surface area contributed by atoms with E-state index in [2.05, 4.69) is 20.4 Å². The summed E-state index contributed by atoms with van der Waals surface area (Å²) in [5, 5.41) is 7.11. The Morgan fingerprint density at radius 1 is 1.24 bits per heavy atom. The van der Waals surface area contributed by atoms with Crippen LogP contribution in [0.25, 0.3) is 17.0 Å². The maximum Gasteiger partial charge on any atom is 0.409 e. The zero-order valence-corrected chi connectivity index (χ0v) is 18.9. The molecule has 0 spiro atoms. The molecule has 10 nitrogen and oxygen atoms in total. The summed E-state index contributed by atoms with van der Waals surface area (Å²) in [6.45, 7) is 3.04. The van der Waals surface area contributed by atoms with Crippen molar-refractivity contribution in [3.63, 3.8) is 0 Å². The lowest BCUT2D eigenvalue weighted by atomic mass is 9.98. The van der Waals surface area contributed by atoms with E-state index in [1.54, 1.807) is 21.7 Å². The largest absolute Gasteiger partial charge is 0.453 e. The Bertz CT molecular complexity index is 1360. The number of anilines is 1. The van der Waals surface area contributed by atoms with Gasteiger partial charge in [-0.3, -0.25) is 9.20 Å². The third-order valence-electron chi connectivity index (χ3n) is 6.04. The lowest BCUT2D eigenvalue weighted by Gasteiger charge is -2.29. The number of ether oxygens (including phenoxy) is 1. The Balaban J connectivity index is 1.35. The van der Waals surface area contributed by atoms with E-state index >= 15 is 0 Å². The van der Waals surface area contributed by atoms with Gasteiger partial charge in [0.2, 0.25) is 11.7 Å². The van der Waals surface area contributed by atoms with Gasteiger partial charge in [-0.15, -0.1) is 0 Å². The number of piperidine rings is 1. The van der Waals surface area contributed by atoms with Gasteiger partial charge in [-0.05, 0) is 43.5 Å². The van der Waals surface area contributed by atoms with Crippen LogP contribution < -0.4 is 5.32 Å². The molecule has 0 aliphatic carbocycles. The van der Waals surface area contributed by atoms with Crippen molar-refractivity contribution >= 4 is 23.3 Å². The highest BCUT2D eigenvalue weighted by Crippen LogP contribution is 2.29. The van der Waals surface area contributed by atoms with Gasteiger partial charge in [-0.25, -0.2) is 9.78 Å². The van der Waals surface area contributed by atoms with Crippen molar-refractivity contribution in [1.29, 1.82) is 0 Å². The molecule has 5 rings (SSSR count). The van der Waals surface area contributed by atoms with E-state index in [0.717, 1.165) is 24.0 Å². The number of aromatic nitrogens is 4. The van der Waals surface area contributed by atoms with Crippen LogP contribution in [0.2, 0.25) is 0 Å². The number of imidazole rings is 1. The van der Waals surface area contributed by atoms with Crippen LogP contribution in [0.5, 0.6) is 0 Å². The number of carbonyl (C=O) groups is 2. The van der Waals surface area contributed by atoms with Gasteiger partial charge in [0.25, 0.3) is 5.91 Å². The van der Waals surface area contributed by atoms with Crippen molar-refractivity contribution in [2.45, 2.75) is 25.7 Å². The van der Waals surface area contributed by atoms with Crippen LogP contribution in [0.3, 0.4) is 0 Å². The summed E-state index contributed by atoms with van der Waals surface area (Å²) in [4.78, 5) is 35.3. The molecule has 1 saturated heterocycles. The molecule has 1 aromatic carbocycles. The molecule has 4 heterocycles. The summed E-state index contributed by atoms with van der Waals surface area (Å²) in [5.41, 5.74) is 3.40. The molecule has 1 atom stereocenters. The number of carbonyl (C=O) groups excluding carboxylic acids is 2. The van der Waals surface area contributed by atoms with E-state index in [9.17, 15) is 9.59 Å². The molecule has 0 radical (unpaired) electrons. The molecule has 3 aromatic heterocycles. The Labute approximate surface area is 195 Å². The van der Waals surface area contributed by atoms with Gasteiger partial charge in [-0.2, -0.15) is 4.98 Å². The predicted octanol–water partition coefficient (Wildman–Crippen LogP) is 3.89. The zero-order chi connectivity index (χ0) is 23.7. The first kappa shape index (κ1) is 21.6. The van der Waals surface area contributed by atoms with Crippen molar-refractivity contribution in [3.8, 4) is 11.4 Å². The molecule has 0 saturated carbocycles. The van der Waals surface area contributed by atoms with Gasteiger partial charge in [0, 0.05) is 30.5 Å². The average Bonchev–Trinajstić information content (AvgIpc) is 3.53. The van der Waals surface area contributed by atoms with E-state index < -0.39 is 0 Å². The summed E-state index contributed by atoms with van der Waals surface area (Å²) >= 11 is 0. The van der Waals surface area contributed by atoms with E-state index in [0.29, 0.717) is 41.8 Å². The monoisotopic (exact) mass is 460 g/mol. The highest BCUT2D eigenvalue weighted by atomic mass is 16.5.